The van der Waals surface area contributed by atoms with Gasteiger partial charge in [0.05, 0.1) is 17.5 Å². The second-order valence-electron chi connectivity index (χ2n) is 5.21. The largest absolute Gasteiger partial charge is 0.478 e. The number of nitrogens with one attached hydrogen (secondary N) is 1. The fourth-order valence-electron chi connectivity index (χ4n) is 2.31. The minimum atomic E-state index is -1.14. The molecule has 130 valence electrons. The molecule has 0 spiro atoms. The van der Waals surface area contributed by atoms with E-state index in [2.05, 4.69) is 5.32 Å². The second kappa shape index (κ2) is 7.16. The van der Waals surface area contributed by atoms with Gasteiger partial charge in [-0.2, -0.15) is 0 Å². The summed E-state index contributed by atoms with van der Waals surface area (Å²) in [6.45, 7) is 0. The third-order valence-corrected chi connectivity index (χ3v) is 3.80. The van der Waals surface area contributed by atoms with Crippen molar-refractivity contribution in [3.05, 3.63) is 71.7 Å². The van der Waals surface area contributed by atoms with Crippen molar-refractivity contribution in [1.29, 1.82) is 0 Å². The van der Waals surface area contributed by atoms with Gasteiger partial charge in [-0.25, -0.2) is 4.79 Å². The number of hydrogen-bond donors (Lipinski definition) is 2. The van der Waals surface area contributed by atoms with Crippen LogP contribution in [0, 0.1) is 0 Å². The Morgan fingerprint density at radius 2 is 2.04 bits per heavy atom. The van der Waals surface area contributed by atoms with Crippen LogP contribution >= 0.6 is 12.2 Å². The molecule has 3 rings (SSSR count). The molecule has 1 aliphatic heterocycles. The van der Waals surface area contributed by atoms with Crippen molar-refractivity contribution < 1.29 is 23.9 Å². The number of carboxylic acid groups (broad SMARTS) is 1. The molecule has 0 aliphatic carbocycles. The van der Waals surface area contributed by atoms with Crippen molar-refractivity contribution in [2.24, 2.45) is 0 Å². The van der Waals surface area contributed by atoms with E-state index in [0.29, 0.717) is 5.76 Å². The molecule has 0 radical (unpaired) electrons. The topological polar surface area (TPSA) is 99.9 Å². The highest BCUT2D eigenvalue weighted by Crippen LogP contribution is 2.22. The number of aromatic carboxylic acids is 1. The van der Waals surface area contributed by atoms with Gasteiger partial charge in [0.15, 0.2) is 5.11 Å². The van der Waals surface area contributed by atoms with Gasteiger partial charge in [0.25, 0.3) is 11.8 Å². The predicted molar refractivity (Wildman–Crippen MR) is 97.5 cm³/mol. The Morgan fingerprint density at radius 1 is 1.23 bits per heavy atom. The highest BCUT2D eigenvalue weighted by atomic mass is 32.1. The maximum atomic E-state index is 12.7. The van der Waals surface area contributed by atoms with Crippen molar-refractivity contribution in [1.82, 2.24) is 5.32 Å². The average molecular weight is 368 g/mol. The highest BCUT2D eigenvalue weighted by molar-refractivity contribution is 7.80. The summed E-state index contributed by atoms with van der Waals surface area (Å²) in [6.07, 6.45) is 5.94. The number of rotatable bonds is 4. The van der Waals surface area contributed by atoms with Crippen molar-refractivity contribution in [2.75, 3.05) is 4.90 Å². The van der Waals surface area contributed by atoms with Crippen LogP contribution in [-0.4, -0.2) is 28.0 Å². The normalized spacial score (nSPS) is 16.4. The van der Waals surface area contributed by atoms with Gasteiger partial charge in [0.2, 0.25) is 0 Å². The third kappa shape index (κ3) is 3.45. The zero-order chi connectivity index (χ0) is 18.7. The van der Waals surface area contributed by atoms with E-state index in [4.69, 9.17) is 21.7 Å². The first-order valence-electron chi connectivity index (χ1n) is 7.42. The zero-order valence-electron chi connectivity index (χ0n) is 13.2. The van der Waals surface area contributed by atoms with Gasteiger partial charge in [0.1, 0.15) is 11.3 Å². The minimum Gasteiger partial charge on any atom is -0.478 e. The quantitative estimate of drug-likeness (QED) is 0.488. The molecular weight excluding hydrogens is 356 g/mol. The average Bonchev–Trinajstić information content (AvgIpc) is 3.11. The van der Waals surface area contributed by atoms with Crippen LogP contribution in [0.3, 0.4) is 0 Å². The third-order valence-electron chi connectivity index (χ3n) is 3.52. The summed E-state index contributed by atoms with van der Waals surface area (Å²) in [5, 5.41) is 11.4. The number of amides is 2. The van der Waals surface area contributed by atoms with Gasteiger partial charge in [-0.05, 0) is 54.7 Å². The summed E-state index contributed by atoms with van der Waals surface area (Å²) < 4.78 is 5.13. The van der Waals surface area contributed by atoms with Crippen LogP contribution in [0.5, 0.6) is 0 Å². The summed E-state index contributed by atoms with van der Waals surface area (Å²) >= 11 is 5.07. The first-order valence-corrected chi connectivity index (χ1v) is 7.83. The Hall–Kier alpha value is -3.52. The molecule has 2 N–H and O–H groups in total. The van der Waals surface area contributed by atoms with E-state index in [1.54, 1.807) is 18.2 Å². The van der Waals surface area contributed by atoms with Crippen LogP contribution < -0.4 is 10.2 Å². The number of carbonyl (C=O) groups is 3. The van der Waals surface area contributed by atoms with Gasteiger partial charge >= 0.3 is 5.97 Å². The van der Waals surface area contributed by atoms with Gasteiger partial charge in [-0.1, -0.05) is 12.1 Å². The van der Waals surface area contributed by atoms with Crippen LogP contribution in [0.15, 0.2) is 64.8 Å². The molecule has 0 unspecified atom stereocenters. The summed E-state index contributed by atoms with van der Waals surface area (Å²) in [5.41, 5.74) is 0.112. The first-order chi connectivity index (χ1) is 12.5. The molecule has 26 heavy (non-hydrogen) atoms. The van der Waals surface area contributed by atoms with Crippen LogP contribution in [0.4, 0.5) is 5.69 Å². The maximum Gasteiger partial charge on any atom is 0.335 e. The zero-order valence-corrected chi connectivity index (χ0v) is 14.0. The molecule has 2 heterocycles. The Bertz CT molecular complexity index is 960. The molecule has 1 saturated heterocycles. The molecule has 1 aromatic carbocycles. The van der Waals surface area contributed by atoms with E-state index in [1.165, 1.54) is 42.7 Å². The molecular formula is C18H12N2O5S. The molecule has 7 nitrogen and oxygen atoms in total. The number of nitrogens with zero attached hydrogens (tertiary/aromatic N) is 1. The van der Waals surface area contributed by atoms with Crippen molar-refractivity contribution >= 4 is 46.9 Å². The van der Waals surface area contributed by atoms with Gasteiger partial charge in [-0.15, -0.1) is 0 Å². The van der Waals surface area contributed by atoms with Gasteiger partial charge in [0, 0.05) is 0 Å². The number of allylic oxidation sites excluding steroid dienone is 2. The predicted octanol–water partition coefficient (Wildman–Crippen LogP) is 2.37. The van der Waals surface area contributed by atoms with E-state index in [-0.39, 0.29) is 21.9 Å². The lowest BCUT2D eigenvalue weighted by atomic mass is 10.1. The number of benzene rings is 1. The van der Waals surface area contributed by atoms with Crippen molar-refractivity contribution in [3.63, 3.8) is 0 Å². The molecule has 8 heteroatoms. The molecule has 2 amide bonds. The lowest BCUT2D eigenvalue weighted by Crippen LogP contribution is -2.54. The standard InChI is InChI=1S/C18H12N2O5S/c21-15-14(8-2-6-13-7-3-9-25-13)16(22)20(18(26)19-15)12-5-1-4-11(10-12)17(23)24/h1-10H,(H,23,24)(H,19,21,26). The van der Waals surface area contributed by atoms with Crippen LogP contribution in [0.1, 0.15) is 16.1 Å². The second-order valence-corrected chi connectivity index (χ2v) is 5.60. The number of hydrogen-bond acceptors (Lipinski definition) is 5. The van der Waals surface area contributed by atoms with E-state index in [0.717, 1.165) is 4.90 Å². The van der Waals surface area contributed by atoms with Crippen LogP contribution in [0.25, 0.3) is 6.08 Å². The fourth-order valence-corrected chi connectivity index (χ4v) is 2.60. The summed E-state index contributed by atoms with van der Waals surface area (Å²) in [4.78, 5) is 37.0. The number of anilines is 1. The molecule has 1 aliphatic rings. The van der Waals surface area contributed by atoms with Crippen LogP contribution in [0.2, 0.25) is 0 Å². The molecule has 0 atom stereocenters. The Morgan fingerprint density at radius 3 is 2.73 bits per heavy atom. The van der Waals surface area contributed by atoms with Crippen LogP contribution in [-0.2, 0) is 9.59 Å². The Labute approximate surface area is 153 Å². The smallest absolute Gasteiger partial charge is 0.335 e. The minimum absolute atomic E-state index is 0.00163. The van der Waals surface area contributed by atoms with E-state index in [9.17, 15) is 14.4 Å². The Balaban J connectivity index is 1.93. The molecule has 1 aromatic heterocycles. The summed E-state index contributed by atoms with van der Waals surface area (Å²) in [5.74, 6) is -1.85. The lowest BCUT2D eigenvalue weighted by Gasteiger charge is -2.28. The highest BCUT2D eigenvalue weighted by Gasteiger charge is 2.34. The number of thiocarbonyl (C=S) groups is 1. The monoisotopic (exact) mass is 368 g/mol. The molecule has 0 saturated carbocycles. The molecule has 1 fully saturated rings. The fraction of sp³-hybridized carbons (Fsp3) is 0. The van der Waals surface area contributed by atoms with E-state index in [1.807, 2.05) is 0 Å². The SMILES string of the molecule is O=C1NC(=S)N(c2cccc(C(=O)O)c2)C(=O)C1=CC=Cc1ccco1. The molecule has 2 aromatic rings. The summed E-state index contributed by atoms with van der Waals surface area (Å²) in [6, 6.07) is 9.15. The maximum absolute atomic E-state index is 12.7. The number of carbonyl (C=O) groups excluding carboxylic acids is 2. The first kappa shape index (κ1) is 17.3. The van der Waals surface area contributed by atoms with E-state index < -0.39 is 17.8 Å². The van der Waals surface area contributed by atoms with Gasteiger partial charge < -0.3 is 9.52 Å². The van der Waals surface area contributed by atoms with Crippen molar-refractivity contribution in [2.45, 2.75) is 0 Å². The Kier molecular flexibility index (Phi) is 4.76. The van der Waals surface area contributed by atoms with Crippen molar-refractivity contribution in [3.8, 4) is 0 Å². The molecule has 0 bridgehead atoms. The summed E-state index contributed by atoms with van der Waals surface area (Å²) in [7, 11) is 0. The number of carboxylic acids is 1. The van der Waals surface area contributed by atoms with E-state index >= 15 is 0 Å². The lowest BCUT2D eigenvalue weighted by molar-refractivity contribution is -0.122. The van der Waals surface area contributed by atoms with Gasteiger partial charge in [-0.3, -0.25) is 19.8 Å². The number of furan rings is 1.